The molecule has 0 heterocycles. The van der Waals surface area contributed by atoms with E-state index < -0.39 is 0 Å². The Morgan fingerprint density at radius 3 is 2.21 bits per heavy atom. The lowest BCUT2D eigenvalue weighted by molar-refractivity contribution is -0.116. The van der Waals surface area contributed by atoms with Gasteiger partial charge in [0, 0.05) is 30.5 Å². The third-order valence-electron chi connectivity index (χ3n) is 3.76. The minimum Gasteiger partial charge on any atom is -0.490 e. The van der Waals surface area contributed by atoms with Gasteiger partial charge in [0.2, 0.25) is 5.91 Å². The molecule has 0 fully saturated rings. The van der Waals surface area contributed by atoms with Crippen LogP contribution < -0.4 is 15.4 Å². The molecular weight excluding hydrogens is 424 g/mol. The standard InChI is InChI=1S/C21H25BrN2O4/c1-14(2)12-20(25)23-16-5-7-17(8-6-16)24-21(26)15-4-9-19(18(22)13-15)28-11-10-27-3/h4-9,13-14H,10-12H2,1-3H3,(H,23,25)(H,24,26). The molecule has 0 aromatic heterocycles. The molecular formula is C21H25BrN2O4. The number of benzene rings is 2. The van der Waals surface area contributed by atoms with E-state index in [-0.39, 0.29) is 11.8 Å². The fourth-order valence-electron chi connectivity index (χ4n) is 2.42. The second-order valence-corrected chi connectivity index (χ2v) is 7.52. The molecule has 0 aliphatic carbocycles. The number of methoxy groups -OCH3 is 1. The summed E-state index contributed by atoms with van der Waals surface area (Å²) in [5.74, 6) is 0.690. The summed E-state index contributed by atoms with van der Waals surface area (Å²) in [5, 5.41) is 5.68. The van der Waals surface area contributed by atoms with Gasteiger partial charge in [0.25, 0.3) is 5.91 Å². The van der Waals surface area contributed by atoms with E-state index in [4.69, 9.17) is 9.47 Å². The van der Waals surface area contributed by atoms with Gasteiger partial charge in [0.15, 0.2) is 0 Å². The predicted octanol–water partition coefficient (Wildman–Crippen LogP) is 4.71. The first-order chi connectivity index (χ1) is 13.4. The van der Waals surface area contributed by atoms with Crippen LogP contribution in [0.3, 0.4) is 0 Å². The molecule has 0 saturated heterocycles. The van der Waals surface area contributed by atoms with Crippen molar-refractivity contribution in [1.82, 2.24) is 0 Å². The van der Waals surface area contributed by atoms with Crippen molar-refractivity contribution in [3.8, 4) is 5.75 Å². The molecule has 28 heavy (non-hydrogen) atoms. The Morgan fingerprint density at radius 2 is 1.64 bits per heavy atom. The SMILES string of the molecule is COCCOc1ccc(C(=O)Nc2ccc(NC(=O)CC(C)C)cc2)cc1Br. The van der Waals surface area contributed by atoms with E-state index >= 15 is 0 Å². The van der Waals surface area contributed by atoms with Crippen molar-refractivity contribution < 1.29 is 19.1 Å². The average Bonchev–Trinajstić information content (AvgIpc) is 2.64. The quantitative estimate of drug-likeness (QED) is 0.544. The van der Waals surface area contributed by atoms with Gasteiger partial charge in [-0.05, 0) is 64.3 Å². The Hall–Kier alpha value is -2.38. The zero-order valence-corrected chi connectivity index (χ0v) is 17.8. The average molecular weight is 449 g/mol. The van der Waals surface area contributed by atoms with Gasteiger partial charge < -0.3 is 20.1 Å². The summed E-state index contributed by atoms with van der Waals surface area (Å²) >= 11 is 3.42. The molecule has 2 N–H and O–H groups in total. The van der Waals surface area contributed by atoms with E-state index in [2.05, 4.69) is 26.6 Å². The van der Waals surface area contributed by atoms with Crippen LogP contribution in [0.25, 0.3) is 0 Å². The van der Waals surface area contributed by atoms with Crippen LogP contribution in [0.4, 0.5) is 11.4 Å². The fraction of sp³-hybridized carbons (Fsp3) is 0.333. The molecule has 2 aromatic carbocycles. The van der Waals surface area contributed by atoms with Gasteiger partial charge in [-0.25, -0.2) is 0 Å². The number of halogens is 1. The van der Waals surface area contributed by atoms with Crippen molar-refractivity contribution >= 4 is 39.1 Å². The highest BCUT2D eigenvalue weighted by Gasteiger charge is 2.10. The summed E-state index contributed by atoms with van der Waals surface area (Å²) in [6.07, 6.45) is 0.471. The summed E-state index contributed by atoms with van der Waals surface area (Å²) < 4.78 is 11.2. The van der Waals surface area contributed by atoms with Gasteiger partial charge in [-0.15, -0.1) is 0 Å². The molecule has 0 atom stereocenters. The summed E-state index contributed by atoms with van der Waals surface area (Å²) in [7, 11) is 1.61. The van der Waals surface area contributed by atoms with Crippen LogP contribution in [0.15, 0.2) is 46.9 Å². The summed E-state index contributed by atoms with van der Waals surface area (Å²) in [4.78, 5) is 24.3. The van der Waals surface area contributed by atoms with Crippen molar-refractivity contribution in [2.24, 2.45) is 5.92 Å². The van der Waals surface area contributed by atoms with E-state index in [0.29, 0.717) is 52.7 Å². The maximum Gasteiger partial charge on any atom is 0.255 e. The number of rotatable bonds is 9. The third-order valence-corrected chi connectivity index (χ3v) is 4.38. The minimum absolute atomic E-state index is 0.0237. The number of anilines is 2. The van der Waals surface area contributed by atoms with E-state index in [1.165, 1.54) is 0 Å². The Kier molecular flexibility index (Phi) is 8.47. The smallest absolute Gasteiger partial charge is 0.255 e. The molecule has 0 bridgehead atoms. The van der Waals surface area contributed by atoms with Gasteiger partial charge in [-0.3, -0.25) is 9.59 Å². The second kappa shape index (κ2) is 10.8. The number of carbonyl (C=O) groups excluding carboxylic acids is 2. The molecule has 150 valence electrons. The normalized spacial score (nSPS) is 10.6. The molecule has 0 unspecified atom stereocenters. The number of nitrogens with one attached hydrogen (secondary N) is 2. The lowest BCUT2D eigenvalue weighted by atomic mass is 10.1. The molecule has 2 rings (SSSR count). The van der Waals surface area contributed by atoms with E-state index in [1.54, 1.807) is 49.6 Å². The van der Waals surface area contributed by atoms with Crippen LogP contribution in [-0.2, 0) is 9.53 Å². The molecule has 0 aliphatic heterocycles. The highest BCUT2D eigenvalue weighted by molar-refractivity contribution is 9.10. The van der Waals surface area contributed by atoms with Crippen molar-refractivity contribution in [2.75, 3.05) is 31.0 Å². The molecule has 2 amide bonds. The highest BCUT2D eigenvalue weighted by atomic mass is 79.9. The van der Waals surface area contributed by atoms with Gasteiger partial charge in [0.1, 0.15) is 12.4 Å². The van der Waals surface area contributed by atoms with Crippen LogP contribution >= 0.6 is 15.9 Å². The van der Waals surface area contributed by atoms with Crippen molar-refractivity contribution in [2.45, 2.75) is 20.3 Å². The predicted molar refractivity (Wildman–Crippen MR) is 114 cm³/mol. The van der Waals surface area contributed by atoms with E-state index in [0.717, 1.165) is 0 Å². The van der Waals surface area contributed by atoms with Crippen molar-refractivity contribution in [3.05, 3.63) is 52.5 Å². The Balaban J connectivity index is 1.95. The van der Waals surface area contributed by atoms with Crippen molar-refractivity contribution in [1.29, 1.82) is 0 Å². The monoisotopic (exact) mass is 448 g/mol. The highest BCUT2D eigenvalue weighted by Crippen LogP contribution is 2.26. The molecule has 0 saturated carbocycles. The summed E-state index contributed by atoms with van der Waals surface area (Å²) in [6, 6.07) is 12.2. The van der Waals surface area contributed by atoms with Crippen LogP contribution in [-0.4, -0.2) is 32.1 Å². The third kappa shape index (κ3) is 6.98. The molecule has 2 aromatic rings. The zero-order chi connectivity index (χ0) is 20.5. The molecule has 0 aliphatic rings. The fourth-order valence-corrected chi connectivity index (χ4v) is 2.91. The summed E-state index contributed by atoms with van der Waals surface area (Å²) in [5.41, 5.74) is 1.84. The molecule has 7 heteroatoms. The van der Waals surface area contributed by atoms with Crippen LogP contribution in [0.5, 0.6) is 5.75 Å². The molecule has 0 radical (unpaired) electrons. The van der Waals surface area contributed by atoms with Gasteiger partial charge in [-0.2, -0.15) is 0 Å². The summed E-state index contributed by atoms with van der Waals surface area (Å²) in [6.45, 7) is 4.91. The molecule has 0 spiro atoms. The van der Waals surface area contributed by atoms with Gasteiger partial charge in [0.05, 0.1) is 11.1 Å². The topological polar surface area (TPSA) is 76.7 Å². The molecule has 6 nitrogen and oxygen atoms in total. The maximum absolute atomic E-state index is 12.5. The van der Waals surface area contributed by atoms with Gasteiger partial charge >= 0.3 is 0 Å². The van der Waals surface area contributed by atoms with E-state index in [9.17, 15) is 9.59 Å². The van der Waals surface area contributed by atoms with Crippen LogP contribution in [0.2, 0.25) is 0 Å². The first kappa shape index (κ1) is 21.9. The maximum atomic E-state index is 12.5. The largest absolute Gasteiger partial charge is 0.490 e. The Labute approximate surface area is 173 Å². The number of ether oxygens (including phenoxy) is 2. The number of hydrogen-bond acceptors (Lipinski definition) is 4. The Morgan fingerprint density at radius 1 is 1.00 bits per heavy atom. The van der Waals surface area contributed by atoms with Gasteiger partial charge in [-0.1, -0.05) is 13.8 Å². The minimum atomic E-state index is -0.235. The van der Waals surface area contributed by atoms with Crippen LogP contribution in [0, 0.1) is 5.92 Å². The number of amides is 2. The first-order valence-corrected chi connectivity index (χ1v) is 9.81. The van der Waals surface area contributed by atoms with Crippen molar-refractivity contribution in [3.63, 3.8) is 0 Å². The second-order valence-electron chi connectivity index (χ2n) is 6.66. The first-order valence-electron chi connectivity index (χ1n) is 9.01. The number of carbonyl (C=O) groups is 2. The lowest BCUT2D eigenvalue weighted by Crippen LogP contribution is -2.14. The lowest BCUT2D eigenvalue weighted by Gasteiger charge is -2.11. The van der Waals surface area contributed by atoms with Crippen LogP contribution in [0.1, 0.15) is 30.6 Å². The number of hydrogen-bond donors (Lipinski definition) is 2. The Bertz CT molecular complexity index is 807. The van der Waals surface area contributed by atoms with E-state index in [1.807, 2.05) is 13.8 Å². The zero-order valence-electron chi connectivity index (χ0n) is 16.3.